The summed E-state index contributed by atoms with van der Waals surface area (Å²) >= 11 is 6.23. The first kappa shape index (κ1) is 14.5. The van der Waals surface area contributed by atoms with Crippen LogP contribution in [0.15, 0.2) is 30.3 Å². The predicted octanol–water partition coefficient (Wildman–Crippen LogP) is 4.39. The predicted molar refractivity (Wildman–Crippen MR) is 74.9 cm³/mol. The van der Waals surface area contributed by atoms with E-state index in [-0.39, 0.29) is 5.41 Å². The molecule has 0 aromatic heterocycles. The summed E-state index contributed by atoms with van der Waals surface area (Å²) < 4.78 is 5.41. The molecule has 0 bridgehead atoms. The monoisotopic (exact) mass is 254 g/mol. The Hall–Kier alpha value is -0.530. The van der Waals surface area contributed by atoms with Gasteiger partial charge in [-0.15, -0.1) is 11.6 Å². The van der Waals surface area contributed by atoms with Gasteiger partial charge in [0.05, 0.1) is 0 Å². The molecule has 0 heterocycles. The van der Waals surface area contributed by atoms with Crippen LogP contribution < -0.4 is 0 Å². The van der Waals surface area contributed by atoms with E-state index in [0.717, 1.165) is 32.5 Å². The Bertz CT molecular complexity index is 293. The maximum Gasteiger partial charge on any atom is 0.0466 e. The van der Waals surface area contributed by atoms with Crippen molar-refractivity contribution < 1.29 is 4.74 Å². The molecule has 1 unspecified atom stereocenters. The molecule has 1 aromatic carbocycles. The SMILES string of the molecule is CCOCCCC(CC)(CCl)c1ccccc1. The average molecular weight is 255 g/mol. The molecule has 0 radical (unpaired) electrons. The molecule has 0 aliphatic carbocycles. The summed E-state index contributed by atoms with van der Waals surface area (Å²) in [5.74, 6) is 0.680. The summed E-state index contributed by atoms with van der Waals surface area (Å²) in [6, 6.07) is 10.6. The summed E-state index contributed by atoms with van der Waals surface area (Å²) in [6.07, 6.45) is 3.24. The Balaban J connectivity index is 2.68. The summed E-state index contributed by atoms with van der Waals surface area (Å²) in [6.45, 7) is 5.88. The minimum Gasteiger partial charge on any atom is -0.382 e. The second kappa shape index (κ2) is 7.73. The fourth-order valence-corrected chi connectivity index (χ4v) is 2.69. The lowest BCUT2D eigenvalue weighted by Crippen LogP contribution is -2.28. The van der Waals surface area contributed by atoms with Crippen molar-refractivity contribution in [3.8, 4) is 0 Å². The van der Waals surface area contributed by atoms with Crippen LogP contribution >= 0.6 is 11.6 Å². The highest BCUT2D eigenvalue weighted by Crippen LogP contribution is 2.34. The van der Waals surface area contributed by atoms with Crippen LogP contribution in [0, 0.1) is 0 Å². The molecule has 0 fully saturated rings. The fraction of sp³-hybridized carbons (Fsp3) is 0.600. The molecule has 0 spiro atoms. The zero-order valence-electron chi connectivity index (χ0n) is 10.9. The molecule has 2 heteroatoms. The van der Waals surface area contributed by atoms with Crippen LogP contribution in [-0.2, 0) is 10.2 Å². The highest BCUT2D eigenvalue weighted by atomic mass is 35.5. The summed E-state index contributed by atoms with van der Waals surface area (Å²) in [4.78, 5) is 0. The van der Waals surface area contributed by atoms with E-state index in [1.165, 1.54) is 5.56 Å². The van der Waals surface area contributed by atoms with E-state index in [2.05, 4.69) is 37.3 Å². The van der Waals surface area contributed by atoms with Gasteiger partial charge in [-0.05, 0) is 31.7 Å². The third-order valence-electron chi connectivity index (χ3n) is 3.47. The number of ether oxygens (including phenoxy) is 1. The average Bonchev–Trinajstić information content (AvgIpc) is 2.41. The lowest BCUT2D eigenvalue weighted by atomic mass is 9.76. The number of halogens is 1. The minimum absolute atomic E-state index is 0.111. The van der Waals surface area contributed by atoms with Gasteiger partial charge in [-0.1, -0.05) is 37.3 Å². The third-order valence-corrected chi connectivity index (χ3v) is 3.98. The lowest BCUT2D eigenvalue weighted by molar-refractivity contribution is 0.137. The normalized spacial score (nSPS) is 14.5. The van der Waals surface area contributed by atoms with Gasteiger partial charge < -0.3 is 4.74 Å². The number of hydrogen-bond acceptors (Lipinski definition) is 1. The van der Waals surface area contributed by atoms with E-state index < -0.39 is 0 Å². The number of rotatable bonds is 8. The fourth-order valence-electron chi connectivity index (χ4n) is 2.21. The molecule has 1 atom stereocenters. The van der Waals surface area contributed by atoms with Gasteiger partial charge in [0, 0.05) is 24.5 Å². The molecule has 96 valence electrons. The van der Waals surface area contributed by atoms with E-state index in [9.17, 15) is 0 Å². The van der Waals surface area contributed by atoms with Crippen LogP contribution in [0.1, 0.15) is 38.7 Å². The van der Waals surface area contributed by atoms with E-state index >= 15 is 0 Å². The Morgan fingerprint density at radius 2 is 1.88 bits per heavy atom. The van der Waals surface area contributed by atoms with Gasteiger partial charge in [0.25, 0.3) is 0 Å². The van der Waals surface area contributed by atoms with E-state index in [1.807, 2.05) is 6.92 Å². The molecular weight excluding hydrogens is 232 g/mol. The van der Waals surface area contributed by atoms with Gasteiger partial charge in [0.15, 0.2) is 0 Å². The second-order valence-electron chi connectivity index (χ2n) is 4.43. The first-order valence-electron chi connectivity index (χ1n) is 6.48. The summed E-state index contributed by atoms with van der Waals surface area (Å²) in [7, 11) is 0. The highest BCUT2D eigenvalue weighted by molar-refractivity contribution is 6.18. The largest absolute Gasteiger partial charge is 0.382 e. The molecular formula is C15H23ClO. The van der Waals surface area contributed by atoms with E-state index in [4.69, 9.17) is 16.3 Å². The third kappa shape index (κ3) is 4.01. The van der Waals surface area contributed by atoms with Crippen molar-refractivity contribution in [2.75, 3.05) is 19.1 Å². The Morgan fingerprint density at radius 1 is 1.18 bits per heavy atom. The lowest BCUT2D eigenvalue weighted by Gasteiger charge is -2.31. The van der Waals surface area contributed by atoms with Crippen LogP contribution in [0.3, 0.4) is 0 Å². The number of hydrogen-bond donors (Lipinski definition) is 0. The first-order valence-corrected chi connectivity index (χ1v) is 7.01. The molecule has 0 aliphatic rings. The highest BCUT2D eigenvalue weighted by Gasteiger charge is 2.28. The van der Waals surface area contributed by atoms with Gasteiger partial charge in [-0.2, -0.15) is 0 Å². The van der Waals surface area contributed by atoms with E-state index in [1.54, 1.807) is 0 Å². The van der Waals surface area contributed by atoms with Gasteiger partial charge in [0.2, 0.25) is 0 Å². The molecule has 0 saturated heterocycles. The molecule has 0 N–H and O–H groups in total. The zero-order chi connectivity index (χ0) is 12.6. The molecule has 0 saturated carbocycles. The smallest absolute Gasteiger partial charge is 0.0466 e. The summed E-state index contributed by atoms with van der Waals surface area (Å²) in [5, 5.41) is 0. The van der Waals surface area contributed by atoms with Crippen LogP contribution in [0.2, 0.25) is 0 Å². The zero-order valence-corrected chi connectivity index (χ0v) is 11.7. The topological polar surface area (TPSA) is 9.23 Å². The Morgan fingerprint density at radius 3 is 2.41 bits per heavy atom. The maximum absolute atomic E-state index is 6.23. The van der Waals surface area contributed by atoms with Crippen molar-refractivity contribution in [2.45, 2.75) is 38.5 Å². The molecule has 1 nitrogen and oxygen atoms in total. The van der Waals surface area contributed by atoms with E-state index in [0.29, 0.717) is 5.88 Å². The van der Waals surface area contributed by atoms with Crippen molar-refractivity contribution in [3.63, 3.8) is 0 Å². The van der Waals surface area contributed by atoms with Gasteiger partial charge in [0.1, 0.15) is 0 Å². The minimum atomic E-state index is 0.111. The van der Waals surface area contributed by atoms with Gasteiger partial charge in [-0.3, -0.25) is 0 Å². The van der Waals surface area contributed by atoms with Crippen LogP contribution in [0.25, 0.3) is 0 Å². The van der Waals surface area contributed by atoms with Gasteiger partial charge in [-0.25, -0.2) is 0 Å². The second-order valence-corrected chi connectivity index (χ2v) is 4.70. The van der Waals surface area contributed by atoms with Crippen LogP contribution in [0.5, 0.6) is 0 Å². The van der Waals surface area contributed by atoms with Crippen LogP contribution in [-0.4, -0.2) is 19.1 Å². The first-order chi connectivity index (χ1) is 8.29. The van der Waals surface area contributed by atoms with Crippen molar-refractivity contribution in [3.05, 3.63) is 35.9 Å². The molecule has 17 heavy (non-hydrogen) atoms. The number of alkyl halides is 1. The molecule has 0 amide bonds. The Kier molecular flexibility index (Phi) is 6.61. The maximum atomic E-state index is 6.23. The molecule has 1 aromatic rings. The molecule has 0 aliphatic heterocycles. The quantitative estimate of drug-likeness (QED) is 0.494. The van der Waals surface area contributed by atoms with Crippen LogP contribution in [0.4, 0.5) is 0 Å². The number of benzene rings is 1. The van der Waals surface area contributed by atoms with Crippen molar-refractivity contribution >= 4 is 11.6 Å². The van der Waals surface area contributed by atoms with Crippen molar-refractivity contribution in [2.24, 2.45) is 0 Å². The van der Waals surface area contributed by atoms with Crippen molar-refractivity contribution in [1.29, 1.82) is 0 Å². The Labute approximate surface area is 110 Å². The standard InChI is InChI=1S/C15H23ClO/c1-3-15(13-16,11-8-12-17-4-2)14-9-6-5-7-10-14/h5-7,9-10H,3-4,8,11-13H2,1-2H3. The summed E-state index contributed by atoms with van der Waals surface area (Å²) in [5.41, 5.74) is 1.47. The van der Waals surface area contributed by atoms with Crippen molar-refractivity contribution in [1.82, 2.24) is 0 Å². The van der Waals surface area contributed by atoms with Gasteiger partial charge >= 0.3 is 0 Å². The molecule has 1 rings (SSSR count).